The molecular weight excluding hydrogens is 439 g/mol. The van der Waals surface area contributed by atoms with Gasteiger partial charge in [0.05, 0.1) is 13.2 Å². The number of methoxy groups -OCH3 is 1. The number of carbonyl (C=O) groups excluding carboxylic acids is 1. The van der Waals surface area contributed by atoms with Gasteiger partial charge < -0.3 is 14.8 Å². The summed E-state index contributed by atoms with van der Waals surface area (Å²) in [5, 5.41) is 3.43. The van der Waals surface area contributed by atoms with Crippen LogP contribution in [-0.4, -0.2) is 23.9 Å². The lowest BCUT2D eigenvalue weighted by Crippen LogP contribution is -2.25. The second-order valence-electron chi connectivity index (χ2n) is 7.31. The highest BCUT2D eigenvalue weighted by Gasteiger charge is 2.21. The highest BCUT2D eigenvalue weighted by molar-refractivity contribution is 8.14. The summed E-state index contributed by atoms with van der Waals surface area (Å²) >= 11 is 1.51. The molecule has 1 unspecified atom stereocenters. The van der Waals surface area contributed by atoms with Gasteiger partial charge in [-0.15, -0.1) is 0 Å². The standard InChI is InChI=1S/C26H23FN2O3S/c1-31-22-12-9-19(10-13-22)23-17-33-26(28-23)29-25(30)14-11-20-6-2-3-8-24(20)32-16-18-5-4-7-21(27)15-18/h2-15,23H,16-17H2,1H3,(H,28,29,30)/b14-11+. The molecule has 1 heterocycles. The van der Waals surface area contributed by atoms with E-state index in [9.17, 15) is 9.18 Å². The quantitative estimate of drug-likeness (QED) is 0.479. The number of hydrogen-bond donors (Lipinski definition) is 1. The lowest BCUT2D eigenvalue weighted by molar-refractivity contribution is -0.115. The molecule has 1 aliphatic heterocycles. The van der Waals surface area contributed by atoms with Gasteiger partial charge in [0, 0.05) is 17.4 Å². The number of amides is 1. The smallest absolute Gasteiger partial charge is 0.249 e. The summed E-state index contributed by atoms with van der Waals surface area (Å²) in [7, 11) is 1.63. The SMILES string of the molecule is COc1ccc(C2CSC(NC(=O)/C=C/c3ccccc3OCc3cccc(F)c3)=N2)cc1. The number of benzene rings is 3. The molecule has 1 atom stereocenters. The van der Waals surface area contributed by atoms with Gasteiger partial charge in [-0.3, -0.25) is 9.79 Å². The topological polar surface area (TPSA) is 59.9 Å². The van der Waals surface area contributed by atoms with Gasteiger partial charge in [0.15, 0.2) is 5.17 Å². The summed E-state index contributed by atoms with van der Waals surface area (Å²) in [6, 6.07) is 21.4. The average Bonchev–Trinajstić information content (AvgIpc) is 3.30. The molecule has 5 nitrogen and oxygen atoms in total. The zero-order chi connectivity index (χ0) is 23.0. The molecule has 1 amide bonds. The third-order valence-electron chi connectivity index (χ3n) is 5.00. The van der Waals surface area contributed by atoms with E-state index < -0.39 is 0 Å². The largest absolute Gasteiger partial charge is 0.497 e. The molecule has 0 bridgehead atoms. The van der Waals surface area contributed by atoms with Gasteiger partial charge >= 0.3 is 0 Å². The molecular formula is C26H23FN2O3S. The maximum absolute atomic E-state index is 13.4. The summed E-state index contributed by atoms with van der Waals surface area (Å²) in [5.41, 5.74) is 2.56. The third kappa shape index (κ3) is 6.23. The van der Waals surface area contributed by atoms with Crippen molar-refractivity contribution in [3.63, 3.8) is 0 Å². The molecule has 0 aromatic heterocycles. The van der Waals surface area contributed by atoms with E-state index in [4.69, 9.17) is 9.47 Å². The van der Waals surface area contributed by atoms with Crippen molar-refractivity contribution in [2.45, 2.75) is 12.6 Å². The van der Waals surface area contributed by atoms with E-state index >= 15 is 0 Å². The van der Waals surface area contributed by atoms with Crippen LogP contribution in [0.1, 0.15) is 22.7 Å². The minimum atomic E-state index is -0.303. The molecule has 0 radical (unpaired) electrons. The van der Waals surface area contributed by atoms with Gasteiger partial charge in [-0.1, -0.05) is 54.2 Å². The number of para-hydroxylation sites is 1. The minimum Gasteiger partial charge on any atom is -0.497 e. The van der Waals surface area contributed by atoms with Crippen LogP contribution in [0.2, 0.25) is 0 Å². The highest BCUT2D eigenvalue weighted by Crippen LogP contribution is 2.30. The second kappa shape index (κ2) is 10.8. The van der Waals surface area contributed by atoms with E-state index in [1.54, 1.807) is 25.3 Å². The molecule has 168 valence electrons. The van der Waals surface area contributed by atoms with Crippen LogP contribution in [0.5, 0.6) is 11.5 Å². The van der Waals surface area contributed by atoms with Crippen molar-refractivity contribution >= 4 is 28.9 Å². The zero-order valence-corrected chi connectivity index (χ0v) is 18.8. The molecule has 0 saturated heterocycles. The summed E-state index contributed by atoms with van der Waals surface area (Å²) in [6.45, 7) is 0.231. The van der Waals surface area contributed by atoms with Crippen LogP contribution in [0.25, 0.3) is 6.08 Å². The number of halogens is 1. The molecule has 1 N–H and O–H groups in total. The van der Waals surface area contributed by atoms with Gasteiger partial charge in [0.25, 0.3) is 0 Å². The Kier molecular flexibility index (Phi) is 7.42. The minimum absolute atomic E-state index is 0.00265. The number of ether oxygens (including phenoxy) is 2. The van der Waals surface area contributed by atoms with Crippen molar-refractivity contribution in [2.75, 3.05) is 12.9 Å². The van der Waals surface area contributed by atoms with Crippen LogP contribution in [0.4, 0.5) is 4.39 Å². The molecule has 4 rings (SSSR count). The van der Waals surface area contributed by atoms with E-state index in [2.05, 4.69) is 10.3 Å². The molecule has 0 saturated carbocycles. The van der Waals surface area contributed by atoms with Crippen LogP contribution < -0.4 is 14.8 Å². The Balaban J connectivity index is 1.36. The Labute approximate surface area is 196 Å². The first-order valence-electron chi connectivity index (χ1n) is 10.4. The Morgan fingerprint density at radius 2 is 1.97 bits per heavy atom. The van der Waals surface area contributed by atoms with Crippen LogP contribution in [0, 0.1) is 5.82 Å². The van der Waals surface area contributed by atoms with Gasteiger partial charge in [0.2, 0.25) is 5.91 Å². The summed E-state index contributed by atoms with van der Waals surface area (Å²) in [6.07, 6.45) is 3.14. The second-order valence-corrected chi connectivity index (χ2v) is 8.32. The molecule has 1 aliphatic rings. The van der Waals surface area contributed by atoms with Gasteiger partial charge in [-0.2, -0.15) is 0 Å². The van der Waals surface area contributed by atoms with Gasteiger partial charge in [-0.25, -0.2) is 4.39 Å². The molecule has 0 fully saturated rings. The molecule has 0 spiro atoms. The molecule has 3 aromatic carbocycles. The number of aliphatic imine (C=N–C) groups is 1. The predicted octanol–water partition coefficient (Wildman–Crippen LogP) is 5.39. The van der Waals surface area contributed by atoms with E-state index in [1.807, 2.05) is 48.5 Å². The van der Waals surface area contributed by atoms with Crippen LogP contribution in [-0.2, 0) is 11.4 Å². The van der Waals surface area contributed by atoms with E-state index in [1.165, 1.54) is 30.0 Å². The monoisotopic (exact) mass is 462 g/mol. The summed E-state index contributed by atoms with van der Waals surface area (Å²) < 4.78 is 24.4. The van der Waals surface area contributed by atoms with Crippen molar-refractivity contribution in [2.24, 2.45) is 4.99 Å². The molecule has 33 heavy (non-hydrogen) atoms. The lowest BCUT2D eigenvalue weighted by Gasteiger charge is -2.09. The van der Waals surface area contributed by atoms with E-state index in [-0.39, 0.29) is 24.4 Å². The number of nitrogens with zero attached hydrogens (tertiary/aromatic N) is 1. The number of amidine groups is 1. The van der Waals surface area contributed by atoms with Crippen molar-refractivity contribution in [1.82, 2.24) is 5.32 Å². The van der Waals surface area contributed by atoms with Crippen molar-refractivity contribution in [1.29, 1.82) is 0 Å². The first kappa shape index (κ1) is 22.6. The third-order valence-corrected chi connectivity index (χ3v) is 5.96. The maximum atomic E-state index is 13.4. The maximum Gasteiger partial charge on any atom is 0.249 e. The van der Waals surface area contributed by atoms with Crippen molar-refractivity contribution in [3.8, 4) is 11.5 Å². The molecule has 3 aromatic rings. The first-order chi connectivity index (χ1) is 16.1. The fraction of sp³-hybridized carbons (Fsp3) is 0.154. The number of rotatable bonds is 7. The van der Waals surface area contributed by atoms with E-state index in [0.29, 0.717) is 10.9 Å². The van der Waals surface area contributed by atoms with Crippen LogP contribution >= 0.6 is 11.8 Å². The van der Waals surface area contributed by atoms with Crippen LogP contribution in [0.3, 0.4) is 0 Å². The first-order valence-corrected chi connectivity index (χ1v) is 11.4. The number of carbonyl (C=O) groups is 1. The number of thioether (sulfide) groups is 1. The van der Waals surface area contributed by atoms with Crippen LogP contribution in [0.15, 0.2) is 83.9 Å². The Morgan fingerprint density at radius 1 is 1.15 bits per heavy atom. The van der Waals surface area contributed by atoms with Gasteiger partial charge in [0.1, 0.15) is 23.9 Å². The Hall–Kier alpha value is -3.58. The van der Waals surface area contributed by atoms with Crippen molar-refractivity contribution < 1.29 is 18.7 Å². The van der Waals surface area contributed by atoms with Gasteiger partial charge in [-0.05, 0) is 47.5 Å². The number of nitrogens with one attached hydrogen (secondary N) is 1. The summed E-state index contributed by atoms with van der Waals surface area (Å²) in [4.78, 5) is 17.1. The predicted molar refractivity (Wildman–Crippen MR) is 130 cm³/mol. The lowest BCUT2D eigenvalue weighted by atomic mass is 10.1. The van der Waals surface area contributed by atoms with Crippen molar-refractivity contribution in [3.05, 3.63) is 101 Å². The molecule has 7 heteroatoms. The molecule has 0 aliphatic carbocycles. The highest BCUT2D eigenvalue weighted by atomic mass is 32.2. The normalized spacial score (nSPS) is 15.3. The summed E-state index contributed by atoms with van der Waals surface area (Å²) in [5.74, 6) is 1.60. The fourth-order valence-corrected chi connectivity index (χ4v) is 4.25. The Morgan fingerprint density at radius 3 is 2.76 bits per heavy atom. The zero-order valence-electron chi connectivity index (χ0n) is 18.0. The van der Waals surface area contributed by atoms with E-state index in [0.717, 1.165) is 28.2 Å². The number of hydrogen-bond acceptors (Lipinski definition) is 5. The Bertz CT molecular complexity index is 1180. The average molecular weight is 463 g/mol. The fourth-order valence-electron chi connectivity index (χ4n) is 3.29.